The van der Waals surface area contributed by atoms with E-state index in [9.17, 15) is 0 Å². The molecule has 2 N–H and O–H groups in total. The maximum absolute atomic E-state index is 5.78. The van der Waals surface area contributed by atoms with Gasteiger partial charge >= 0.3 is 0 Å². The quantitative estimate of drug-likeness (QED) is 0.882. The molecule has 2 rings (SSSR count). The van der Waals surface area contributed by atoms with Crippen molar-refractivity contribution in [3.8, 4) is 5.75 Å². The minimum Gasteiger partial charge on any atom is -0.489 e. The number of nitrogens with two attached hydrogens (primary N) is 1. The Morgan fingerprint density at radius 2 is 2.12 bits per heavy atom. The standard InChI is InChI=1S/C14H18N2O/c1-9(2)17-13-6-4-5-12-11(8-15)7-10(3)16-14(12)13/h4-7,9H,8,15H2,1-3H3. The number of nitrogens with zero attached hydrogens (tertiary/aromatic N) is 1. The summed E-state index contributed by atoms with van der Waals surface area (Å²) in [7, 11) is 0. The minimum absolute atomic E-state index is 0.143. The summed E-state index contributed by atoms with van der Waals surface area (Å²) in [5.41, 5.74) is 8.75. The summed E-state index contributed by atoms with van der Waals surface area (Å²) in [6, 6.07) is 8.00. The smallest absolute Gasteiger partial charge is 0.145 e. The summed E-state index contributed by atoms with van der Waals surface area (Å²) in [5.74, 6) is 0.830. The molecule has 0 radical (unpaired) electrons. The van der Waals surface area contributed by atoms with Gasteiger partial charge in [-0.1, -0.05) is 12.1 Å². The lowest BCUT2D eigenvalue weighted by atomic mass is 10.1. The van der Waals surface area contributed by atoms with Crippen molar-refractivity contribution in [1.29, 1.82) is 0 Å². The van der Waals surface area contributed by atoms with Gasteiger partial charge in [-0.25, -0.2) is 4.98 Å². The molecule has 0 spiro atoms. The molecule has 0 saturated carbocycles. The van der Waals surface area contributed by atoms with Crippen molar-refractivity contribution in [3.05, 3.63) is 35.5 Å². The number of hydrogen-bond donors (Lipinski definition) is 1. The molecule has 2 aromatic rings. The van der Waals surface area contributed by atoms with E-state index in [4.69, 9.17) is 10.5 Å². The fourth-order valence-corrected chi connectivity index (χ4v) is 1.95. The fraction of sp³-hybridized carbons (Fsp3) is 0.357. The molecule has 0 saturated heterocycles. The first-order valence-corrected chi connectivity index (χ1v) is 5.87. The Kier molecular flexibility index (Phi) is 3.29. The molecule has 90 valence electrons. The Bertz CT molecular complexity index is 535. The van der Waals surface area contributed by atoms with Crippen molar-refractivity contribution < 1.29 is 4.74 Å². The Morgan fingerprint density at radius 3 is 2.76 bits per heavy atom. The zero-order valence-corrected chi connectivity index (χ0v) is 10.5. The highest BCUT2D eigenvalue weighted by Crippen LogP contribution is 2.27. The summed E-state index contributed by atoms with van der Waals surface area (Å²) in [5, 5.41) is 1.08. The predicted octanol–water partition coefficient (Wildman–Crippen LogP) is 2.79. The first-order valence-electron chi connectivity index (χ1n) is 5.87. The Balaban J connectivity index is 2.66. The predicted molar refractivity (Wildman–Crippen MR) is 70.1 cm³/mol. The lowest BCUT2D eigenvalue weighted by Crippen LogP contribution is -2.07. The number of benzene rings is 1. The van der Waals surface area contributed by atoms with Gasteiger partial charge in [0.25, 0.3) is 0 Å². The van der Waals surface area contributed by atoms with Gasteiger partial charge in [-0.15, -0.1) is 0 Å². The fourth-order valence-electron chi connectivity index (χ4n) is 1.95. The molecule has 0 aliphatic heterocycles. The maximum Gasteiger partial charge on any atom is 0.145 e. The first kappa shape index (κ1) is 11.9. The number of aromatic nitrogens is 1. The molecule has 0 atom stereocenters. The van der Waals surface area contributed by atoms with Crippen molar-refractivity contribution in [3.63, 3.8) is 0 Å². The van der Waals surface area contributed by atoms with Crippen molar-refractivity contribution >= 4 is 10.9 Å². The van der Waals surface area contributed by atoms with Gasteiger partial charge in [0.2, 0.25) is 0 Å². The first-order chi connectivity index (χ1) is 8.11. The van der Waals surface area contributed by atoms with Crippen LogP contribution in [0.15, 0.2) is 24.3 Å². The Morgan fingerprint density at radius 1 is 1.35 bits per heavy atom. The van der Waals surface area contributed by atoms with Crippen LogP contribution in [0, 0.1) is 6.92 Å². The second-order valence-electron chi connectivity index (χ2n) is 4.45. The van der Waals surface area contributed by atoms with Crippen LogP contribution in [0.4, 0.5) is 0 Å². The number of rotatable bonds is 3. The van der Waals surface area contributed by atoms with E-state index in [1.807, 2.05) is 45.0 Å². The molecular weight excluding hydrogens is 212 g/mol. The summed E-state index contributed by atoms with van der Waals surface area (Å²) < 4.78 is 5.78. The zero-order valence-electron chi connectivity index (χ0n) is 10.5. The third-order valence-corrected chi connectivity index (χ3v) is 2.60. The largest absolute Gasteiger partial charge is 0.489 e. The third-order valence-electron chi connectivity index (χ3n) is 2.60. The van der Waals surface area contributed by atoms with Gasteiger partial charge in [-0.05, 0) is 38.5 Å². The number of fused-ring (bicyclic) bond motifs is 1. The second kappa shape index (κ2) is 4.72. The SMILES string of the molecule is Cc1cc(CN)c2cccc(OC(C)C)c2n1. The topological polar surface area (TPSA) is 48.1 Å². The number of aryl methyl sites for hydroxylation is 1. The summed E-state index contributed by atoms with van der Waals surface area (Å²) in [4.78, 5) is 4.56. The van der Waals surface area contributed by atoms with Crippen LogP contribution in [0.2, 0.25) is 0 Å². The number of hydrogen-bond acceptors (Lipinski definition) is 3. The van der Waals surface area contributed by atoms with Gasteiger partial charge < -0.3 is 10.5 Å². The normalized spacial score (nSPS) is 11.1. The molecule has 1 aromatic heterocycles. The molecule has 0 aliphatic rings. The highest BCUT2D eigenvalue weighted by molar-refractivity contribution is 5.87. The van der Waals surface area contributed by atoms with Crippen molar-refractivity contribution in [2.45, 2.75) is 33.4 Å². The number of pyridine rings is 1. The van der Waals surface area contributed by atoms with Crippen LogP contribution in [-0.2, 0) is 6.54 Å². The molecule has 3 heteroatoms. The van der Waals surface area contributed by atoms with Gasteiger partial charge in [0.05, 0.1) is 6.10 Å². The third kappa shape index (κ3) is 2.39. The van der Waals surface area contributed by atoms with E-state index < -0.39 is 0 Å². The summed E-state index contributed by atoms with van der Waals surface area (Å²) in [6.45, 7) is 6.52. The average Bonchev–Trinajstić information content (AvgIpc) is 2.28. The Hall–Kier alpha value is -1.61. The second-order valence-corrected chi connectivity index (χ2v) is 4.45. The van der Waals surface area contributed by atoms with Crippen molar-refractivity contribution in [2.24, 2.45) is 5.73 Å². The van der Waals surface area contributed by atoms with E-state index in [0.717, 1.165) is 27.9 Å². The van der Waals surface area contributed by atoms with Gasteiger partial charge in [-0.2, -0.15) is 0 Å². The van der Waals surface area contributed by atoms with Crippen LogP contribution >= 0.6 is 0 Å². The van der Waals surface area contributed by atoms with E-state index >= 15 is 0 Å². The average molecular weight is 230 g/mol. The summed E-state index contributed by atoms with van der Waals surface area (Å²) in [6.07, 6.45) is 0.143. The molecule has 0 fully saturated rings. The molecule has 0 unspecified atom stereocenters. The molecule has 17 heavy (non-hydrogen) atoms. The van der Waals surface area contributed by atoms with Crippen molar-refractivity contribution in [2.75, 3.05) is 0 Å². The highest BCUT2D eigenvalue weighted by Gasteiger charge is 2.09. The van der Waals surface area contributed by atoms with E-state index in [2.05, 4.69) is 4.98 Å². The molecule has 0 aliphatic carbocycles. The lowest BCUT2D eigenvalue weighted by Gasteiger charge is -2.13. The van der Waals surface area contributed by atoms with Crippen molar-refractivity contribution in [1.82, 2.24) is 4.98 Å². The molecule has 1 heterocycles. The Labute approximate surface area is 102 Å². The van der Waals surface area contributed by atoms with Gasteiger partial charge in [0, 0.05) is 17.6 Å². The minimum atomic E-state index is 0.143. The number of para-hydroxylation sites is 1. The van der Waals surface area contributed by atoms with Crippen LogP contribution < -0.4 is 10.5 Å². The van der Waals surface area contributed by atoms with Crippen LogP contribution in [-0.4, -0.2) is 11.1 Å². The van der Waals surface area contributed by atoms with Gasteiger partial charge in [0.15, 0.2) is 0 Å². The summed E-state index contributed by atoms with van der Waals surface area (Å²) >= 11 is 0. The highest BCUT2D eigenvalue weighted by atomic mass is 16.5. The van der Waals surface area contributed by atoms with E-state index in [1.54, 1.807) is 0 Å². The van der Waals surface area contributed by atoms with Crippen LogP contribution in [0.5, 0.6) is 5.75 Å². The van der Waals surface area contributed by atoms with Crippen LogP contribution in [0.3, 0.4) is 0 Å². The molecule has 1 aromatic carbocycles. The molecule has 3 nitrogen and oxygen atoms in total. The maximum atomic E-state index is 5.78. The molecule has 0 bridgehead atoms. The molecule has 0 amide bonds. The van der Waals surface area contributed by atoms with E-state index in [0.29, 0.717) is 6.54 Å². The molecular formula is C14H18N2O. The van der Waals surface area contributed by atoms with Gasteiger partial charge in [0.1, 0.15) is 11.3 Å². The van der Waals surface area contributed by atoms with Gasteiger partial charge in [-0.3, -0.25) is 0 Å². The van der Waals surface area contributed by atoms with Crippen LogP contribution in [0.1, 0.15) is 25.1 Å². The van der Waals surface area contributed by atoms with E-state index in [1.165, 1.54) is 0 Å². The number of ether oxygens (including phenoxy) is 1. The lowest BCUT2D eigenvalue weighted by molar-refractivity contribution is 0.245. The van der Waals surface area contributed by atoms with Crippen LogP contribution in [0.25, 0.3) is 10.9 Å². The monoisotopic (exact) mass is 230 g/mol. The van der Waals surface area contributed by atoms with E-state index in [-0.39, 0.29) is 6.10 Å². The zero-order chi connectivity index (χ0) is 12.4.